The van der Waals surface area contributed by atoms with Gasteiger partial charge in [0.15, 0.2) is 0 Å². The summed E-state index contributed by atoms with van der Waals surface area (Å²) in [5.74, 6) is -1.47. The lowest BCUT2D eigenvalue weighted by Gasteiger charge is -2.15. The van der Waals surface area contributed by atoms with Crippen molar-refractivity contribution >= 4 is 57.4 Å². The number of fused-ring (bicyclic) bond motifs is 1. The lowest BCUT2D eigenvalue weighted by molar-refractivity contribution is -0.127. The van der Waals surface area contributed by atoms with E-state index < -0.39 is 23.0 Å². The van der Waals surface area contributed by atoms with Gasteiger partial charge in [-0.25, -0.2) is 0 Å². The average molecular weight is 463 g/mol. The van der Waals surface area contributed by atoms with Crippen molar-refractivity contribution in [2.45, 2.75) is 20.4 Å². The van der Waals surface area contributed by atoms with E-state index in [4.69, 9.17) is 5.73 Å². The molecule has 168 valence electrons. The van der Waals surface area contributed by atoms with Gasteiger partial charge in [0.1, 0.15) is 13.1 Å². The monoisotopic (exact) mass is 462 g/mol. The summed E-state index contributed by atoms with van der Waals surface area (Å²) in [6, 6.07) is 13.0. The molecule has 0 spiro atoms. The fraction of sp³-hybridized carbons (Fsp3) is 0.167. The van der Waals surface area contributed by atoms with E-state index in [1.165, 1.54) is 0 Å². The first-order valence-electron chi connectivity index (χ1n) is 10.2. The fourth-order valence-corrected chi connectivity index (χ4v) is 4.63. The summed E-state index contributed by atoms with van der Waals surface area (Å²) in [6.07, 6.45) is 3.32. The normalized spacial score (nSPS) is 15.0. The summed E-state index contributed by atoms with van der Waals surface area (Å²) >= 11 is 0.781. The topological polar surface area (TPSA) is 114 Å². The number of para-hydroxylation sites is 2. The molecule has 1 saturated heterocycles. The maximum Gasteiger partial charge on any atom is 0.294 e. The molecule has 1 aromatic heterocycles. The quantitative estimate of drug-likeness (QED) is 0.545. The molecule has 8 nitrogen and oxygen atoms in total. The van der Waals surface area contributed by atoms with E-state index in [1.54, 1.807) is 16.8 Å². The number of anilines is 1. The molecule has 3 aromatic rings. The zero-order valence-electron chi connectivity index (χ0n) is 18.1. The molecule has 0 radical (unpaired) electrons. The number of hydrogen-bond acceptors (Lipinski definition) is 5. The first kappa shape index (κ1) is 22.3. The molecule has 9 heteroatoms. The number of nitrogens with zero attached hydrogens (tertiary/aromatic N) is 2. The highest BCUT2D eigenvalue weighted by Crippen LogP contribution is 2.34. The van der Waals surface area contributed by atoms with Gasteiger partial charge in [0.2, 0.25) is 11.8 Å². The van der Waals surface area contributed by atoms with Crippen molar-refractivity contribution in [2.75, 3.05) is 11.9 Å². The Morgan fingerprint density at radius 3 is 2.42 bits per heavy atom. The Hall–Kier alpha value is -3.85. The lowest BCUT2D eigenvalue weighted by Crippen LogP contribution is -2.36. The summed E-state index contributed by atoms with van der Waals surface area (Å²) in [5, 5.41) is 3.10. The number of hydrogen-bond donors (Lipinski definition) is 2. The number of carbonyl (C=O) groups excluding carboxylic acids is 4. The van der Waals surface area contributed by atoms with Crippen molar-refractivity contribution in [3.8, 4) is 0 Å². The summed E-state index contributed by atoms with van der Waals surface area (Å²) < 4.78 is 1.70. The van der Waals surface area contributed by atoms with Gasteiger partial charge < -0.3 is 15.6 Å². The summed E-state index contributed by atoms with van der Waals surface area (Å²) in [6.45, 7) is 3.37. The Balaban J connectivity index is 1.56. The number of benzene rings is 2. The number of primary amides is 1. The van der Waals surface area contributed by atoms with Crippen LogP contribution in [-0.2, 0) is 20.9 Å². The van der Waals surface area contributed by atoms with Gasteiger partial charge in [-0.2, -0.15) is 0 Å². The summed E-state index contributed by atoms with van der Waals surface area (Å²) in [4.78, 5) is 50.6. The maximum atomic E-state index is 12.9. The molecule has 1 fully saturated rings. The molecule has 2 aromatic carbocycles. The van der Waals surface area contributed by atoms with E-state index in [2.05, 4.69) is 5.32 Å². The smallest absolute Gasteiger partial charge is 0.294 e. The lowest BCUT2D eigenvalue weighted by atomic mass is 10.1. The van der Waals surface area contributed by atoms with Crippen molar-refractivity contribution in [1.82, 2.24) is 9.47 Å². The molecule has 0 atom stereocenters. The number of aryl methyl sites for hydroxylation is 2. The molecule has 0 bridgehead atoms. The molecule has 3 N–H and O–H groups in total. The summed E-state index contributed by atoms with van der Waals surface area (Å²) in [7, 11) is 0. The third kappa shape index (κ3) is 4.54. The molecule has 2 heterocycles. The van der Waals surface area contributed by atoms with Gasteiger partial charge in [0.05, 0.1) is 4.91 Å². The van der Waals surface area contributed by atoms with Gasteiger partial charge in [-0.3, -0.25) is 24.1 Å². The molecule has 0 saturated carbocycles. The Kier molecular flexibility index (Phi) is 6.06. The predicted molar refractivity (Wildman–Crippen MR) is 128 cm³/mol. The maximum absolute atomic E-state index is 12.9. The second kappa shape index (κ2) is 8.95. The number of carbonyl (C=O) groups is 4. The van der Waals surface area contributed by atoms with Crippen LogP contribution >= 0.6 is 11.8 Å². The van der Waals surface area contributed by atoms with Gasteiger partial charge in [0.25, 0.3) is 11.1 Å². The minimum absolute atomic E-state index is 0.00563. The second-order valence-electron chi connectivity index (χ2n) is 7.78. The molecule has 4 rings (SSSR count). The van der Waals surface area contributed by atoms with Crippen LogP contribution in [0, 0.1) is 13.8 Å². The highest BCUT2D eigenvalue weighted by atomic mass is 32.2. The highest BCUT2D eigenvalue weighted by Gasteiger charge is 2.36. The van der Waals surface area contributed by atoms with Gasteiger partial charge in [-0.15, -0.1) is 0 Å². The van der Waals surface area contributed by atoms with Gasteiger partial charge in [-0.05, 0) is 48.9 Å². The first-order chi connectivity index (χ1) is 15.7. The number of amides is 4. The zero-order chi connectivity index (χ0) is 23.7. The zero-order valence-corrected chi connectivity index (χ0v) is 18.9. The van der Waals surface area contributed by atoms with Crippen LogP contribution in [0.5, 0.6) is 0 Å². The van der Waals surface area contributed by atoms with Gasteiger partial charge in [0, 0.05) is 28.4 Å². The fourth-order valence-electron chi connectivity index (χ4n) is 3.80. The van der Waals surface area contributed by atoms with Crippen LogP contribution in [0.2, 0.25) is 0 Å². The van der Waals surface area contributed by atoms with Crippen LogP contribution in [0.25, 0.3) is 17.0 Å². The van der Waals surface area contributed by atoms with Crippen molar-refractivity contribution in [3.63, 3.8) is 0 Å². The molecular weight excluding hydrogens is 440 g/mol. The largest absolute Gasteiger partial charge is 0.368 e. The van der Waals surface area contributed by atoms with E-state index in [1.807, 2.05) is 56.3 Å². The molecule has 0 unspecified atom stereocenters. The number of thioether (sulfide) groups is 1. The van der Waals surface area contributed by atoms with Crippen molar-refractivity contribution < 1.29 is 19.2 Å². The predicted octanol–water partition coefficient (Wildman–Crippen LogP) is 3.42. The second-order valence-corrected chi connectivity index (χ2v) is 8.77. The molecular formula is C24H22N4O4S. The van der Waals surface area contributed by atoms with Crippen LogP contribution in [-0.4, -0.2) is 39.0 Å². The molecule has 4 amide bonds. The number of rotatable bonds is 6. The number of nitrogens with two attached hydrogens (primary N) is 1. The molecule has 1 aliphatic rings. The Labute approximate surface area is 194 Å². The highest BCUT2D eigenvalue weighted by molar-refractivity contribution is 8.18. The van der Waals surface area contributed by atoms with E-state index in [0.29, 0.717) is 11.3 Å². The standard InChI is InChI=1S/C24H22N4O4S/c1-14-6-5-7-15(2)22(14)26-21(30)13-28-23(31)19(33-24(28)32)10-16-11-27(12-20(25)29)18-9-4-3-8-17(16)18/h3-11H,12-13H2,1-2H3,(H2,25,29)(H,26,30). The number of imide groups is 1. The molecule has 1 aliphatic heterocycles. The van der Waals surface area contributed by atoms with Gasteiger partial charge in [-0.1, -0.05) is 36.4 Å². The van der Waals surface area contributed by atoms with Crippen molar-refractivity contribution in [2.24, 2.45) is 5.73 Å². The third-order valence-corrected chi connectivity index (χ3v) is 6.26. The SMILES string of the molecule is Cc1cccc(C)c1NC(=O)CN1C(=O)SC(=Cc2cn(CC(N)=O)c3ccccc23)C1=O. The minimum atomic E-state index is -0.534. The molecule has 0 aliphatic carbocycles. The van der Waals surface area contributed by atoms with E-state index in [-0.39, 0.29) is 18.0 Å². The first-order valence-corrected chi connectivity index (χ1v) is 11.0. The Bertz CT molecular complexity index is 1320. The van der Waals surface area contributed by atoms with Crippen LogP contribution in [0.1, 0.15) is 16.7 Å². The minimum Gasteiger partial charge on any atom is -0.368 e. The van der Waals surface area contributed by atoms with Crippen LogP contribution < -0.4 is 11.1 Å². The van der Waals surface area contributed by atoms with E-state index in [9.17, 15) is 19.2 Å². The third-order valence-electron chi connectivity index (χ3n) is 5.35. The van der Waals surface area contributed by atoms with E-state index >= 15 is 0 Å². The number of nitrogens with one attached hydrogen (secondary N) is 1. The van der Waals surface area contributed by atoms with E-state index in [0.717, 1.165) is 38.7 Å². The Morgan fingerprint density at radius 2 is 1.73 bits per heavy atom. The molecule has 33 heavy (non-hydrogen) atoms. The average Bonchev–Trinajstić information content (AvgIpc) is 3.23. The van der Waals surface area contributed by atoms with Crippen LogP contribution in [0.4, 0.5) is 10.5 Å². The van der Waals surface area contributed by atoms with Gasteiger partial charge >= 0.3 is 0 Å². The van der Waals surface area contributed by atoms with Crippen LogP contribution in [0.15, 0.2) is 53.6 Å². The summed E-state index contributed by atoms with van der Waals surface area (Å²) in [5.41, 5.74) is 9.27. The van der Waals surface area contributed by atoms with Crippen molar-refractivity contribution in [1.29, 1.82) is 0 Å². The number of aromatic nitrogens is 1. The Morgan fingerprint density at radius 1 is 1.03 bits per heavy atom. The van der Waals surface area contributed by atoms with Crippen LogP contribution in [0.3, 0.4) is 0 Å². The van der Waals surface area contributed by atoms with Crippen molar-refractivity contribution in [3.05, 3.63) is 70.3 Å².